The second kappa shape index (κ2) is 20.2. The molecule has 67 heavy (non-hydrogen) atoms. The van der Waals surface area contributed by atoms with Crippen molar-refractivity contribution in [1.82, 2.24) is 49.3 Å². The van der Waals surface area contributed by atoms with Crippen LogP contribution < -0.4 is 5.73 Å². The van der Waals surface area contributed by atoms with Crippen LogP contribution in [0.5, 0.6) is 0 Å². The van der Waals surface area contributed by atoms with Crippen LogP contribution in [0.25, 0.3) is 56.0 Å². The molecule has 17 nitrogen and oxygen atoms in total. The highest BCUT2D eigenvalue weighted by Crippen LogP contribution is 2.27. The van der Waals surface area contributed by atoms with Gasteiger partial charge in [-0.15, -0.1) is 0 Å². The molecule has 19 heteroatoms. The first kappa shape index (κ1) is 46.6. The maximum absolute atomic E-state index is 14.1. The number of fused-ring (bicyclic) bond motifs is 2. The molecule has 2 N–H and O–H groups in total. The van der Waals surface area contributed by atoms with E-state index in [4.69, 9.17) is 15.2 Å². The van der Waals surface area contributed by atoms with E-state index in [0.29, 0.717) is 108 Å². The second-order valence-electron chi connectivity index (χ2n) is 14.8. The normalized spacial score (nSPS) is 13.4. The van der Waals surface area contributed by atoms with Crippen LogP contribution in [0.4, 0.5) is 8.78 Å². The van der Waals surface area contributed by atoms with Crippen molar-refractivity contribution in [3.8, 4) is 40.2 Å². The highest BCUT2D eigenvalue weighted by atomic mass is 19.1. The third kappa shape index (κ3) is 9.43. The molecule has 0 radical (unpaired) electrons. The molecule has 10 rings (SSSR count). The molecule has 0 atom stereocenters. The first-order chi connectivity index (χ1) is 31.7. The van der Waals surface area contributed by atoms with E-state index < -0.39 is 5.91 Å². The summed E-state index contributed by atoms with van der Waals surface area (Å²) in [6, 6.07) is 24.8. The second-order valence-corrected chi connectivity index (χ2v) is 14.8. The van der Waals surface area contributed by atoms with Gasteiger partial charge < -0.3 is 25.0 Å². The molecule has 0 spiro atoms. The third-order valence-electron chi connectivity index (χ3n) is 10.8. The van der Waals surface area contributed by atoms with Gasteiger partial charge in [0.2, 0.25) is 0 Å². The van der Waals surface area contributed by atoms with E-state index in [9.17, 15) is 28.4 Å². The van der Waals surface area contributed by atoms with Crippen LogP contribution in [0.1, 0.15) is 51.8 Å². The van der Waals surface area contributed by atoms with Crippen LogP contribution in [0, 0.1) is 23.0 Å². The molecule has 4 aromatic heterocycles. The van der Waals surface area contributed by atoms with E-state index >= 15 is 0 Å². The quantitative estimate of drug-likeness (QED) is 0.183. The summed E-state index contributed by atoms with van der Waals surface area (Å²) in [6.45, 7) is 4.05. The van der Waals surface area contributed by atoms with Crippen molar-refractivity contribution < 1.29 is 32.6 Å². The molecule has 8 aromatic rings. The zero-order valence-corrected chi connectivity index (χ0v) is 34.3. The molecular formula is C48H44F2N12O5. The summed E-state index contributed by atoms with van der Waals surface area (Å²) < 4.78 is 41.6. The van der Waals surface area contributed by atoms with E-state index in [1.54, 1.807) is 82.6 Å². The third-order valence-corrected chi connectivity index (χ3v) is 10.8. The number of morpholine rings is 2. The average Bonchev–Trinajstić information content (AvgIpc) is 3.93. The molecule has 0 aliphatic carbocycles. The Bertz CT molecular complexity index is 3140. The Hall–Kier alpha value is -8.34. The number of rotatable bonds is 7. The molecule has 340 valence electrons. The zero-order valence-electron chi connectivity index (χ0n) is 34.3. The number of ether oxygens (including phenoxy) is 2. The number of halogens is 2. The van der Waals surface area contributed by atoms with Gasteiger partial charge in [-0.05, 0) is 48.5 Å². The Morgan fingerprint density at radius 3 is 1.45 bits per heavy atom. The van der Waals surface area contributed by atoms with Crippen LogP contribution in [-0.4, -0.2) is 120 Å². The topological polar surface area (TPSA) is 213 Å². The van der Waals surface area contributed by atoms with Crippen molar-refractivity contribution >= 4 is 39.5 Å². The van der Waals surface area contributed by atoms with Crippen molar-refractivity contribution in [1.29, 1.82) is 5.26 Å². The van der Waals surface area contributed by atoms with Crippen LogP contribution in [-0.2, 0) is 9.47 Å². The Morgan fingerprint density at radius 1 is 0.597 bits per heavy atom. The molecule has 2 saturated heterocycles. The smallest absolute Gasteiger partial charge is 0.269 e. The molecule has 2 aliphatic rings. The first-order valence-electron chi connectivity index (χ1n) is 20.3. The summed E-state index contributed by atoms with van der Waals surface area (Å²) >= 11 is 0. The number of nitriles is 1. The summed E-state index contributed by atoms with van der Waals surface area (Å²) in [5.74, 6) is -1.36. The van der Waals surface area contributed by atoms with Gasteiger partial charge in [-0.25, -0.2) is 28.7 Å². The van der Waals surface area contributed by atoms with Crippen molar-refractivity contribution in [3.63, 3.8) is 0 Å². The Morgan fingerprint density at radius 2 is 1.01 bits per heavy atom. The number of carbonyl (C=O) groups is 3. The molecule has 0 bridgehead atoms. The standard InChI is InChI=1S/C23H19FN6O3.C23H17FN6O2.2CH4/c24-18-4-2-1-3-16(18)15-12-26-23(27-13-15)30-19-11-14(22(32)29-7-9-33-10-8-29)5-6-17(19)20(28-30)21(25)31;24-19-4-2-1-3-17(19)16-13-26-23(27-14-16)30-21-11-15(5-6-18(21)20(12-25)28-30)22(31)29-7-9-32-10-8-29;;/h1-6,11-13H,7-10H2,(H2,25,31);1-6,11,13-14H,7-10H2;2*1H4. The van der Waals surface area contributed by atoms with E-state index in [1.165, 1.54) is 46.3 Å². The summed E-state index contributed by atoms with van der Waals surface area (Å²) in [7, 11) is 0. The fraction of sp³-hybridized carbons (Fsp3) is 0.208. The summed E-state index contributed by atoms with van der Waals surface area (Å²) in [6.07, 6.45) is 5.95. The van der Waals surface area contributed by atoms with E-state index in [2.05, 4.69) is 36.2 Å². The average molecular weight is 907 g/mol. The van der Waals surface area contributed by atoms with Gasteiger partial charge in [-0.2, -0.15) is 24.8 Å². The van der Waals surface area contributed by atoms with Crippen LogP contribution in [0.2, 0.25) is 0 Å². The number of carbonyl (C=O) groups excluding carboxylic acids is 3. The van der Waals surface area contributed by atoms with Gasteiger partial charge in [0.25, 0.3) is 29.6 Å². The lowest BCUT2D eigenvalue weighted by molar-refractivity contribution is 0.0301. The van der Waals surface area contributed by atoms with Crippen molar-refractivity contribution in [2.75, 3.05) is 52.6 Å². The fourth-order valence-electron chi connectivity index (χ4n) is 7.49. The summed E-state index contributed by atoms with van der Waals surface area (Å²) in [5.41, 5.74) is 9.44. The summed E-state index contributed by atoms with van der Waals surface area (Å²) in [5, 5.41) is 19.2. The molecule has 6 heterocycles. The minimum atomic E-state index is -0.714. The van der Waals surface area contributed by atoms with Crippen LogP contribution >= 0.6 is 0 Å². The highest BCUT2D eigenvalue weighted by molar-refractivity contribution is 6.06. The van der Waals surface area contributed by atoms with Crippen molar-refractivity contribution in [3.05, 3.63) is 144 Å². The number of nitrogens with zero attached hydrogens (tertiary/aromatic N) is 11. The monoisotopic (exact) mass is 906 g/mol. The van der Waals surface area contributed by atoms with E-state index in [-0.39, 0.29) is 61.6 Å². The molecule has 2 fully saturated rings. The Labute approximate surface area is 383 Å². The SMILES string of the molecule is C.C.N#Cc1nn(-c2ncc(-c3ccccc3F)cn2)c2cc(C(=O)N3CCOCC3)ccc12.NC(=O)c1nn(-c2ncc(-c3ccccc3F)cn2)c2cc(C(=O)N3CCOCC3)ccc12. The van der Waals surface area contributed by atoms with E-state index in [0.717, 1.165) is 0 Å². The number of amides is 3. The molecule has 0 saturated carbocycles. The number of primary amides is 1. The molecule has 2 aliphatic heterocycles. The van der Waals surface area contributed by atoms with Gasteiger partial charge in [0, 0.05) is 95.1 Å². The Kier molecular flexibility index (Phi) is 14.1. The van der Waals surface area contributed by atoms with Crippen LogP contribution in [0.15, 0.2) is 110 Å². The van der Waals surface area contributed by atoms with Gasteiger partial charge >= 0.3 is 0 Å². The predicted molar refractivity (Wildman–Crippen MR) is 244 cm³/mol. The molecule has 3 amide bonds. The van der Waals surface area contributed by atoms with Crippen molar-refractivity contribution in [2.45, 2.75) is 14.9 Å². The van der Waals surface area contributed by atoms with Gasteiger partial charge in [-0.3, -0.25) is 14.4 Å². The highest BCUT2D eigenvalue weighted by Gasteiger charge is 2.24. The van der Waals surface area contributed by atoms with E-state index in [1.807, 2.05) is 0 Å². The largest absolute Gasteiger partial charge is 0.378 e. The minimum Gasteiger partial charge on any atom is -0.378 e. The van der Waals surface area contributed by atoms with Gasteiger partial charge in [0.15, 0.2) is 11.4 Å². The van der Waals surface area contributed by atoms with Gasteiger partial charge in [-0.1, -0.05) is 51.3 Å². The number of hydrogen-bond acceptors (Lipinski definition) is 12. The molecule has 0 unspecified atom stereocenters. The predicted octanol–water partition coefficient (Wildman–Crippen LogP) is 6.43. The number of benzene rings is 4. The molecule has 4 aromatic carbocycles. The minimum absolute atomic E-state index is 0. The maximum Gasteiger partial charge on any atom is 0.269 e. The number of aromatic nitrogens is 8. The number of nitrogens with two attached hydrogens (primary N) is 1. The lowest BCUT2D eigenvalue weighted by Crippen LogP contribution is -2.40. The summed E-state index contributed by atoms with van der Waals surface area (Å²) in [4.78, 5) is 58.6. The zero-order chi connectivity index (χ0) is 45.0. The molecular weight excluding hydrogens is 863 g/mol. The van der Waals surface area contributed by atoms with Crippen molar-refractivity contribution in [2.24, 2.45) is 5.73 Å². The lowest BCUT2D eigenvalue weighted by Gasteiger charge is -2.26. The maximum atomic E-state index is 14.1. The first-order valence-corrected chi connectivity index (χ1v) is 20.3. The lowest BCUT2D eigenvalue weighted by atomic mass is 10.1. The Balaban J connectivity index is 0.000000193. The fourth-order valence-corrected chi connectivity index (χ4v) is 7.49. The van der Waals surface area contributed by atoms with Gasteiger partial charge in [0.1, 0.15) is 17.7 Å². The van der Waals surface area contributed by atoms with Crippen LogP contribution in [0.3, 0.4) is 0 Å². The number of hydrogen-bond donors (Lipinski definition) is 1. The van der Waals surface area contributed by atoms with Gasteiger partial charge in [0.05, 0.1) is 37.5 Å².